The lowest BCUT2D eigenvalue weighted by Gasteiger charge is -2.09. The first-order valence-corrected chi connectivity index (χ1v) is 6.06. The molecule has 0 atom stereocenters. The molecular weight excluding hydrogens is 286 g/mol. The third kappa shape index (κ3) is 5.57. The van der Waals surface area contributed by atoms with Crippen molar-refractivity contribution in [1.82, 2.24) is 10.6 Å². The van der Waals surface area contributed by atoms with Gasteiger partial charge in [-0.3, -0.25) is 9.59 Å². The second-order valence-corrected chi connectivity index (χ2v) is 4.37. The molecule has 7 nitrogen and oxygen atoms in total. The van der Waals surface area contributed by atoms with E-state index in [2.05, 4.69) is 16.0 Å². The number of carbonyl (C=O) groups is 3. The van der Waals surface area contributed by atoms with Crippen molar-refractivity contribution >= 4 is 35.2 Å². The highest BCUT2D eigenvalue weighted by molar-refractivity contribution is 6.33. The van der Waals surface area contributed by atoms with Gasteiger partial charge < -0.3 is 21.1 Å². The van der Waals surface area contributed by atoms with Crippen LogP contribution in [-0.4, -0.2) is 36.1 Å². The lowest BCUT2D eigenvalue weighted by atomic mass is 10.2. The monoisotopic (exact) mass is 299 g/mol. The Balaban J connectivity index is 2.42. The molecule has 0 aliphatic carbocycles. The fourth-order valence-corrected chi connectivity index (χ4v) is 1.46. The number of hydrogen-bond donors (Lipinski definition) is 4. The van der Waals surface area contributed by atoms with Crippen molar-refractivity contribution in [3.05, 3.63) is 28.8 Å². The van der Waals surface area contributed by atoms with E-state index in [1.54, 1.807) is 18.2 Å². The number of nitrogens with one attached hydrogen (secondary N) is 3. The van der Waals surface area contributed by atoms with Gasteiger partial charge >= 0.3 is 12.0 Å². The summed E-state index contributed by atoms with van der Waals surface area (Å²) in [5.74, 6) is -1.76. The number of benzene rings is 1. The summed E-state index contributed by atoms with van der Waals surface area (Å²) in [5.41, 5.74) is 1.35. The third-order valence-corrected chi connectivity index (χ3v) is 2.55. The summed E-state index contributed by atoms with van der Waals surface area (Å²) in [5, 5.41) is 15.6. The van der Waals surface area contributed by atoms with Crippen molar-refractivity contribution in [2.75, 3.05) is 18.4 Å². The number of hydrogen-bond acceptors (Lipinski definition) is 3. The molecule has 0 aliphatic rings. The molecule has 0 aromatic heterocycles. The molecule has 1 aromatic rings. The molecule has 3 amide bonds. The molecule has 0 bridgehead atoms. The van der Waals surface area contributed by atoms with Gasteiger partial charge in [0.05, 0.1) is 17.3 Å². The zero-order chi connectivity index (χ0) is 15.1. The predicted octanol–water partition coefficient (Wildman–Crippen LogP) is 0.971. The van der Waals surface area contributed by atoms with Crippen molar-refractivity contribution in [3.8, 4) is 0 Å². The van der Waals surface area contributed by atoms with Gasteiger partial charge in [0.2, 0.25) is 5.91 Å². The maximum Gasteiger partial charge on any atom is 0.322 e. The highest BCUT2D eigenvalue weighted by Gasteiger charge is 2.08. The zero-order valence-corrected chi connectivity index (χ0v) is 11.5. The zero-order valence-electron chi connectivity index (χ0n) is 10.7. The summed E-state index contributed by atoms with van der Waals surface area (Å²) in [4.78, 5) is 32.9. The molecule has 0 heterocycles. The smallest absolute Gasteiger partial charge is 0.322 e. The molecule has 0 saturated carbocycles. The average molecular weight is 300 g/mol. The first kappa shape index (κ1) is 15.8. The number of anilines is 1. The highest BCUT2D eigenvalue weighted by Crippen LogP contribution is 2.22. The number of halogens is 1. The highest BCUT2D eigenvalue weighted by atomic mass is 35.5. The number of carboxylic acids is 1. The molecule has 20 heavy (non-hydrogen) atoms. The Labute approximate surface area is 120 Å². The van der Waals surface area contributed by atoms with Crippen LogP contribution in [-0.2, 0) is 9.59 Å². The number of carbonyl (C=O) groups excluding carboxylic acids is 2. The van der Waals surface area contributed by atoms with Crippen LogP contribution in [0.25, 0.3) is 0 Å². The maximum atomic E-state index is 11.5. The Morgan fingerprint density at radius 3 is 2.55 bits per heavy atom. The van der Waals surface area contributed by atoms with Crippen LogP contribution in [0.4, 0.5) is 10.5 Å². The first-order chi connectivity index (χ1) is 9.38. The van der Waals surface area contributed by atoms with Gasteiger partial charge in [-0.15, -0.1) is 0 Å². The average Bonchev–Trinajstić information content (AvgIpc) is 2.38. The van der Waals surface area contributed by atoms with Crippen molar-refractivity contribution in [1.29, 1.82) is 0 Å². The summed E-state index contributed by atoms with van der Waals surface area (Å²) in [7, 11) is 0. The number of aliphatic carboxylic acids is 1. The van der Waals surface area contributed by atoms with Gasteiger partial charge in [0.1, 0.15) is 6.54 Å². The van der Waals surface area contributed by atoms with Crippen LogP contribution in [0.5, 0.6) is 0 Å². The minimum atomic E-state index is -1.16. The van der Waals surface area contributed by atoms with Crippen LogP contribution >= 0.6 is 11.6 Å². The number of rotatable bonds is 5. The van der Waals surface area contributed by atoms with E-state index >= 15 is 0 Å². The summed E-state index contributed by atoms with van der Waals surface area (Å²) in [6.07, 6.45) is 0. The second kappa shape index (κ2) is 7.34. The van der Waals surface area contributed by atoms with Crippen molar-refractivity contribution < 1.29 is 19.5 Å². The molecular formula is C12H14ClN3O4. The summed E-state index contributed by atoms with van der Waals surface area (Å²) in [6.45, 7) is 1.02. The van der Waals surface area contributed by atoms with Gasteiger partial charge in [-0.1, -0.05) is 17.7 Å². The number of urea groups is 1. The Kier molecular flexibility index (Phi) is 5.79. The van der Waals surface area contributed by atoms with Crippen molar-refractivity contribution in [2.24, 2.45) is 0 Å². The van der Waals surface area contributed by atoms with Crippen LogP contribution in [0.3, 0.4) is 0 Å². The molecule has 0 spiro atoms. The lowest BCUT2D eigenvalue weighted by molar-refractivity contribution is -0.137. The number of carboxylic acid groups (broad SMARTS) is 1. The first-order valence-electron chi connectivity index (χ1n) is 5.68. The van der Waals surface area contributed by atoms with Gasteiger partial charge in [0.15, 0.2) is 0 Å². The van der Waals surface area contributed by atoms with Gasteiger partial charge in [0.25, 0.3) is 0 Å². The minimum Gasteiger partial charge on any atom is -0.480 e. The van der Waals surface area contributed by atoms with Crippen LogP contribution in [0.2, 0.25) is 5.02 Å². The number of aryl methyl sites for hydroxylation is 1. The van der Waals surface area contributed by atoms with Gasteiger partial charge in [-0.25, -0.2) is 4.79 Å². The van der Waals surface area contributed by atoms with Gasteiger partial charge in [-0.05, 0) is 24.6 Å². The Hall–Kier alpha value is -2.28. The standard InChI is InChI=1S/C12H14ClN3O4/c1-7-2-3-8(13)9(4-7)16-12(20)15-5-10(17)14-6-11(18)19/h2-4H,5-6H2,1H3,(H,14,17)(H,18,19)(H2,15,16,20). The van der Waals surface area contributed by atoms with E-state index in [0.717, 1.165) is 5.56 Å². The van der Waals surface area contributed by atoms with Crippen LogP contribution in [0, 0.1) is 6.92 Å². The van der Waals surface area contributed by atoms with E-state index < -0.39 is 24.5 Å². The molecule has 108 valence electrons. The molecule has 4 N–H and O–H groups in total. The van der Waals surface area contributed by atoms with E-state index in [0.29, 0.717) is 10.7 Å². The SMILES string of the molecule is Cc1ccc(Cl)c(NC(=O)NCC(=O)NCC(=O)O)c1. The summed E-state index contributed by atoms with van der Waals surface area (Å²) < 4.78 is 0. The Bertz CT molecular complexity index is 533. The molecule has 1 aromatic carbocycles. The Morgan fingerprint density at radius 1 is 1.20 bits per heavy atom. The fraction of sp³-hybridized carbons (Fsp3) is 0.250. The third-order valence-electron chi connectivity index (χ3n) is 2.22. The second-order valence-electron chi connectivity index (χ2n) is 3.96. The Morgan fingerprint density at radius 2 is 1.90 bits per heavy atom. The maximum absolute atomic E-state index is 11.5. The minimum absolute atomic E-state index is 0.331. The van der Waals surface area contributed by atoms with Crippen molar-refractivity contribution in [3.63, 3.8) is 0 Å². The molecule has 8 heteroatoms. The molecule has 1 rings (SSSR count). The van der Waals surface area contributed by atoms with E-state index in [4.69, 9.17) is 16.7 Å². The van der Waals surface area contributed by atoms with Crippen molar-refractivity contribution in [2.45, 2.75) is 6.92 Å². The van der Waals surface area contributed by atoms with E-state index in [1.165, 1.54) is 0 Å². The molecule has 0 saturated heterocycles. The molecule has 0 unspecified atom stereocenters. The van der Waals surface area contributed by atoms with Gasteiger partial charge in [0, 0.05) is 0 Å². The summed E-state index contributed by atoms with van der Waals surface area (Å²) in [6, 6.07) is 4.52. The molecule has 0 radical (unpaired) electrons. The largest absolute Gasteiger partial charge is 0.480 e. The van der Waals surface area contributed by atoms with E-state index in [9.17, 15) is 14.4 Å². The number of amides is 3. The van der Waals surface area contributed by atoms with E-state index in [-0.39, 0.29) is 6.54 Å². The lowest BCUT2D eigenvalue weighted by Crippen LogP contribution is -2.40. The quantitative estimate of drug-likeness (QED) is 0.650. The molecule has 0 fully saturated rings. The summed E-state index contributed by atoms with van der Waals surface area (Å²) >= 11 is 5.90. The van der Waals surface area contributed by atoms with Crippen LogP contribution in [0.15, 0.2) is 18.2 Å². The fourth-order valence-electron chi connectivity index (χ4n) is 1.30. The van der Waals surface area contributed by atoms with Gasteiger partial charge in [-0.2, -0.15) is 0 Å². The predicted molar refractivity (Wildman–Crippen MR) is 73.9 cm³/mol. The van der Waals surface area contributed by atoms with Crippen LogP contribution < -0.4 is 16.0 Å². The van der Waals surface area contributed by atoms with E-state index in [1.807, 2.05) is 6.92 Å². The van der Waals surface area contributed by atoms with Crippen LogP contribution in [0.1, 0.15) is 5.56 Å². The normalized spacial score (nSPS) is 9.70. The topological polar surface area (TPSA) is 108 Å². The molecule has 0 aliphatic heterocycles.